The number of hydrogen-bond acceptors (Lipinski definition) is 7. The van der Waals surface area contributed by atoms with Crippen molar-refractivity contribution in [3.05, 3.63) is 45.0 Å². The summed E-state index contributed by atoms with van der Waals surface area (Å²) in [4.78, 5) is 29.8. The number of esters is 1. The number of Topliss-reactive ketones (excluding diaryl/α,β-unsaturated/α-hetero) is 1. The molecule has 2 bridgehead atoms. The number of aliphatic hydroxyl groups is 2. The molecule has 1 aromatic rings. The molecule has 0 spiro atoms. The second kappa shape index (κ2) is 10.7. The van der Waals surface area contributed by atoms with Crippen molar-refractivity contribution in [1.82, 2.24) is 4.98 Å². The number of cyclic esters (lactones) is 1. The summed E-state index contributed by atoms with van der Waals surface area (Å²) in [6, 6.07) is 0. The number of ether oxygens (including phenoxy) is 1. The minimum Gasteiger partial charge on any atom is -0.457 e. The van der Waals surface area contributed by atoms with E-state index in [2.05, 4.69) is 18.0 Å². The third kappa shape index (κ3) is 6.03. The van der Waals surface area contributed by atoms with Crippen molar-refractivity contribution in [2.24, 2.45) is 11.8 Å². The van der Waals surface area contributed by atoms with Crippen LogP contribution >= 0.6 is 11.3 Å². The minimum atomic E-state index is -1.24. The summed E-state index contributed by atoms with van der Waals surface area (Å²) in [7, 11) is 0. The summed E-state index contributed by atoms with van der Waals surface area (Å²) in [6.07, 6.45) is 5.87. The van der Waals surface area contributed by atoms with Crippen LogP contribution in [0.1, 0.15) is 63.6 Å². The fourth-order valence-electron chi connectivity index (χ4n) is 4.33. The van der Waals surface area contributed by atoms with E-state index in [9.17, 15) is 19.8 Å². The van der Waals surface area contributed by atoms with Gasteiger partial charge in [0.25, 0.3) is 0 Å². The Labute approximate surface area is 193 Å². The highest BCUT2D eigenvalue weighted by Crippen LogP contribution is 2.32. The summed E-state index contributed by atoms with van der Waals surface area (Å²) >= 11 is 1.56. The molecule has 0 fully saturated rings. The van der Waals surface area contributed by atoms with E-state index < -0.39 is 30.2 Å². The Morgan fingerprint density at radius 3 is 2.72 bits per heavy atom. The van der Waals surface area contributed by atoms with Crippen LogP contribution in [0.2, 0.25) is 0 Å². The second-order valence-electron chi connectivity index (χ2n) is 8.99. The predicted molar refractivity (Wildman–Crippen MR) is 125 cm³/mol. The molecule has 6 nitrogen and oxygen atoms in total. The van der Waals surface area contributed by atoms with Crippen LogP contribution in [0, 0.1) is 18.8 Å². The molecule has 0 unspecified atom stereocenters. The zero-order chi connectivity index (χ0) is 23.4. The summed E-state index contributed by atoms with van der Waals surface area (Å²) in [5, 5.41) is 24.1. The van der Waals surface area contributed by atoms with E-state index in [0.717, 1.165) is 35.5 Å². The van der Waals surface area contributed by atoms with Crippen LogP contribution in [0.5, 0.6) is 0 Å². The van der Waals surface area contributed by atoms with Crippen LogP contribution in [0.15, 0.2) is 34.3 Å². The molecular formula is C25H33NO5S. The van der Waals surface area contributed by atoms with E-state index in [1.165, 1.54) is 5.57 Å². The molecule has 7 heteroatoms. The molecular weight excluding hydrogens is 426 g/mol. The fraction of sp³-hybridized carbons (Fsp3) is 0.560. The van der Waals surface area contributed by atoms with Crippen LogP contribution in [-0.4, -0.2) is 45.3 Å². The van der Waals surface area contributed by atoms with Gasteiger partial charge in [-0.2, -0.15) is 0 Å². The lowest BCUT2D eigenvalue weighted by molar-refractivity contribution is -0.149. The first kappa shape index (κ1) is 24.6. The van der Waals surface area contributed by atoms with Gasteiger partial charge in [-0.05, 0) is 51.7 Å². The van der Waals surface area contributed by atoms with E-state index >= 15 is 0 Å². The normalized spacial score (nSPS) is 32.4. The van der Waals surface area contributed by atoms with Gasteiger partial charge in [-0.15, -0.1) is 11.3 Å². The lowest BCUT2D eigenvalue weighted by atomic mass is 9.76. The Morgan fingerprint density at radius 1 is 1.28 bits per heavy atom. The number of hydrogen-bond donors (Lipinski definition) is 2. The van der Waals surface area contributed by atoms with Gasteiger partial charge in [-0.3, -0.25) is 9.59 Å². The Balaban J connectivity index is 1.86. The number of rotatable bonds is 2. The molecule has 5 atom stereocenters. The highest BCUT2D eigenvalue weighted by molar-refractivity contribution is 7.09. The van der Waals surface area contributed by atoms with Gasteiger partial charge in [0.05, 0.1) is 29.3 Å². The van der Waals surface area contributed by atoms with Crippen LogP contribution in [0.25, 0.3) is 6.08 Å². The van der Waals surface area contributed by atoms with Crippen molar-refractivity contribution in [1.29, 1.82) is 0 Å². The first-order valence-corrected chi connectivity index (χ1v) is 12.1. The lowest BCUT2D eigenvalue weighted by Gasteiger charge is -2.32. The zero-order valence-electron chi connectivity index (χ0n) is 19.2. The SMILES string of the molecule is C/C1=C/C[C@@H](/C(C)=C/c2csc(C)n2)OC(=O)C[C@H](O)C2=C[C@@H](CCC1)[C@H](O)[C@@H](C)C2=O. The van der Waals surface area contributed by atoms with E-state index in [1.807, 2.05) is 25.3 Å². The van der Waals surface area contributed by atoms with Gasteiger partial charge in [-0.1, -0.05) is 24.6 Å². The van der Waals surface area contributed by atoms with Crippen LogP contribution in [-0.2, 0) is 14.3 Å². The Morgan fingerprint density at radius 2 is 2.03 bits per heavy atom. The first-order chi connectivity index (χ1) is 15.2. The number of thiazole rings is 1. The highest BCUT2D eigenvalue weighted by Gasteiger charge is 2.38. The molecule has 1 aromatic heterocycles. The zero-order valence-corrected chi connectivity index (χ0v) is 20.0. The average molecular weight is 460 g/mol. The first-order valence-electron chi connectivity index (χ1n) is 11.2. The molecule has 1 aliphatic carbocycles. The van der Waals surface area contributed by atoms with Gasteiger partial charge < -0.3 is 14.9 Å². The molecule has 2 heterocycles. The number of aliphatic hydroxyl groups excluding tert-OH is 2. The molecule has 0 saturated carbocycles. The van der Waals surface area contributed by atoms with Gasteiger partial charge in [0, 0.05) is 29.2 Å². The number of aromatic nitrogens is 1. The second-order valence-corrected chi connectivity index (χ2v) is 10.0. The summed E-state index contributed by atoms with van der Waals surface area (Å²) in [5.41, 5.74) is 3.12. The molecule has 2 N–H and O–H groups in total. The number of nitrogens with zero attached hydrogens (tertiary/aromatic N) is 1. The van der Waals surface area contributed by atoms with Gasteiger partial charge in [0.15, 0.2) is 5.78 Å². The van der Waals surface area contributed by atoms with Crippen molar-refractivity contribution in [2.45, 2.75) is 78.1 Å². The molecule has 1 aliphatic heterocycles. The predicted octanol–water partition coefficient (Wildman–Crippen LogP) is 4.16. The van der Waals surface area contributed by atoms with Crippen molar-refractivity contribution in [2.75, 3.05) is 0 Å². The Kier molecular flexibility index (Phi) is 8.20. The molecule has 0 amide bonds. The molecule has 0 aromatic carbocycles. The van der Waals surface area contributed by atoms with Crippen LogP contribution in [0.4, 0.5) is 0 Å². The van der Waals surface area contributed by atoms with Gasteiger partial charge in [0.2, 0.25) is 0 Å². The maximum absolute atomic E-state index is 12.7. The van der Waals surface area contributed by atoms with E-state index in [0.29, 0.717) is 6.42 Å². The summed E-state index contributed by atoms with van der Waals surface area (Å²) in [6.45, 7) is 7.59. The number of carbonyl (C=O) groups excluding carboxylic acids is 2. The van der Waals surface area contributed by atoms with Crippen LogP contribution < -0.4 is 0 Å². The van der Waals surface area contributed by atoms with Gasteiger partial charge in [-0.25, -0.2) is 4.98 Å². The molecule has 32 heavy (non-hydrogen) atoms. The Hall–Kier alpha value is -2.09. The van der Waals surface area contributed by atoms with E-state index in [-0.39, 0.29) is 23.7 Å². The van der Waals surface area contributed by atoms with Gasteiger partial charge >= 0.3 is 5.97 Å². The van der Waals surface area contributed by atoms with Crippen molar-refractivity contribution < 1.29 is 24.5 Å². The highest BCUT2D eigenvalue weighted by atomic mass is 32.1. The quantitative estimate of drug-likeness (QED) is 0.509. The van der Waals surface area contributed by atoms with Crippen molar-refractivity contribution in [3.63, 3.8) is 0 Å². The van der Waals surface area contributed by atoms with Crippen molar-refractivity contribution in [3.8, 4) is 0 Å². The third-order valence-electron chi connectivity index (χ3n) is 6.34. The molecule has 3 rings (SSSR count). The average Bonchev–Trinajstić information content (AvgIpc) is 3.14. The fourth-order valence-corrected chi connectivity index (χ4v) is 4.90. The van der Waals surface area contributed by atoms with E-state index in [1.54, 1.807) is 24.3 Å². The molecule has 0 radical (unpaired) electrons. The molecule has 174 valence electrons. The number of fused-ring (bicyclic) bond motifs is 1. The summed E-state index contributed by atoms with van der Waals surface area (Å²) < 4.78 is 5.75. The number of aryl methyl sites for hydroxylation is 1. The maximum Gasteiger partial charge on any atom is 0.309 e. The number of ketones is 1. The van der Waals surface area contributed by atoms with Gasteiger partial charge in [0.1, 0.15) is 6.10 Å². The Bertz CT molecular complexity index is 944. The van der Waals surface area contributed by atoms with Crippen molar-refractivity contribution >= 4 is 29.2 Å². The van der Waals surface area contributed by atoms with Crippen LogP contribution in [0.3, 0.4) is 0 Å². The topological polar surface area (TPSA) is 96.7 Å². The largest absolute Gasteiger partial charge is 0.457 e. The maximum atomic E-state index is 12.7. The third-order valence-corrected chi connectivity index (χ3v) is 7.14. The number of carbonyl (C=O) groups is 2. The van der Waals surface area contributed by atoms with E-state index in [4.69, 9.17) is 4.74 Å². The summed E-state index contributed by atoms with van der Waals surface area (Å²) in [5.74, 6) is -1.67. The molecule has 0 saturated heterocycles. The standard InChI is InChI=1S/C25H33NO5S/c1-14-6-5-7-18-11-20(25(30)16(3)24(18)29)21(27)12-23(28)31-22(9-8-14)15(2)10-19-13-32-17(4)26-19/h8,10-11,13,16,18,21-22,24,27,29H,5-7,9,12H2,1-4H3/b14-8-,15-10+/t16-,18-,21+,22+,24-/m1/s1. The minimum absolute atomic E-state index is 0.210. The smallest absolute Gasteiger partial charge is 0.309 e. The lowest BCUT2D eigenvalue weighted by Crippen LogP contribution is -2.40. The monoisotopic (exact) mass is 459 g/mol. The molecule has 2 aliphatic rings. The number of allylic oxidation sites excluding steroid dienone is 1.